The second-order valence-electron chi connectivity index (χ2n) is 7.14. The predicted octanol–water partition coefficient (Wildman–Crippen LogP) is 5.92. The smallest absolute Gasteiger partial charge is 0.171 e. The van der Waals surface area contributed by atoms with Gasteiger partial charge in [-0.15, -0.1) is 0 Å². The molecule has 0 heterocycles. The fourth-order valence-electron chi connectivity index (χ4n) is 3.96. The Hall–Kier alpha value is -2.67. The molecular formula is C24H22O. The summed E-state index contributed by atoms with van der Waals surface area (Å²) in [6.45, 7) is 4.40. The lowest BCUT2D eigenvalue weighted by atomic mass is 9.81. The standard InChI is InChI=1S/C24H22O/c1-16(2)19-13-14-20-21(15-19)22(17-9-5-3-6-10-17)23(24(20)25)18-11-7-4-8-12-18/h3-16,22-23H,1-2H3. The van der Waals surface area contributed by atoms with Crippen molar-refractivity contribution in [2.24, 2.45) is 0 Å². The Morgan fingerprint density at radius 2 is 1.28 bits per heavy atom. The fourth-order valence-corrected chi connectivity index (χ4v) is 3.96. The minimum absolute atomic E-state index is 0.0878. The van der Waals surface area contributed by atoms with Crippen molar-refractivity contribution in [3.8, 4) is 0 Å². The molecule has 0 saturated carbocycles. The van der Waals surface area contributed by atoms with Crippen LogP contribution in [0.5, 0.6) is 0 Å². The first-order chi connectivity index (χ1) is 12.2. The average Bonchev–Trinajstić information content (AvgIpc) is 2.95. The Labute approximate surface area is 149 Å². The molecule has 2 atom stereocenters. The first-order valence-corrected chi connectivity index (χ1v) is 8.94. The van der Waals surface area contributed by atoms with E-state index in [2.05, 4.69) is 62.4 Å². The van der Waals surface area contributed by atoms with Gasteiger partial charge in [0.1, 0.15) is 0 Å². The van der Waals surface area contributed by atoms with Crippen LogP contribution in [0.4, 0.5) is 0 Å². The van der Waals surface area contributed by atoms with Crippen LogP contribution >= 0.6 is 0 Å². The van der Waals surface area contributed by atoms with Crippen LogP contribution in [0.1, 0.15) is 64.2 Å². The zero-order valence-corrected chi connectivity index (χ0v) is 14.6. The van der Waals surface area contributed by atoms with Gasteiger partial charge in [-0.2, -0.15) is 0 Å². The quantitative estimate of drug-likeness (QED) is 0.583. The second-order valence-corrected chi connectivity index (χ2v) is 7.14. The van der Waals surface area contributed by atoms with E-state index in [-0.39, 0.29) is 17.6 Å². The van der Waals surface area contributed by atoms with Gasteiger partial charge in [0, 0.05) is 11.5 Å². The van der Waals surface area contributed by atoms with Gasteiger partial charge in [-0.05, 0) is 28.2 Å². The molecule has 1 heteroatoms. The molecule has 0 aromatic heterocycles. The molecule has 0 aliphatic heterocycles. The number of hydrogen-bond acceptors (Lipinski definition) is 1. The molecular weight excluding hydrogens is 304 g/mol. The van der Waals surface area contributed by atoms with Crippen LogP contribution in [0.2, 0.25) is 0 Å². The number of fused-ring (bicyclic) bond motifs is 1. The highest BCUT2D eigenvalue weighted by molar-refractivity contribution is 6.07. The maximum absolute atomic E-state index is 13.3. The van der Waals surface area contributed by atoms with E-state index in [0.717, 1.165) is 11.1 Å². The van der Waals surface area contributed by atoms with Crippen molar-refractivity contribution in [1.82, 2.24) is 0 Å². The second kappa shape index (κ2) is 6.33. The number of rotatable bonds is 3. The Balaban J connectivity index is 1.92. The van der Waals surface area contributed by atoms with E-state index in [9.17, 15) is 4.79 Å². The van der Waals surface area contributed by atoms with Crippen molar-refractivity contribution in [3.63, 3.8) is 0 Å². The monoisotopic (exact) mass is 326 g/mol. The largest absolute Gasteiger partial charge is 0.293 e. The molecule has 25 heavy (non-hydrogen) atoms. The van der Waals surface area contributed by atoms with E-state index in [4.69, 9.17) is 0 Å². The van der Waals surface area contributed by atoms with Crippen molar-refractivity contribution in [2.45, 2.75) is 31.6 Å². The Kier molecular flexibility index (Phi) is 4.01. The van der Waals surface area contributed by atoms with Crippen LogP contribution in [-0.2, 0) is 0 Å². The zero-order valence-electron chi connectivity index (χ0n) is 14.6. The highest BCUT2D eigenvalue weighted by atomic mass is 16.1. The summed E-state index contributed by atoms with van der Waals surface area (Å²) in [4.78, 5) is 13.3. The summed E-state index contributed by atoms with van der Waals surface area (Å²) in [5.41, 5.74) is 5.66. The van der Waals surface area contributed by atoms with Crippen molar-refractivity contribution in [2.75, 3.05) is 0 Å². The summed E-state index contributed by atoms with van der Waals surface area (Å²) in [5.74, 6) is 0.642. The van der Waals surface area contributed by atoms with Crippen molar-refractivity contribution in [1.29, 1.82) is 0 Å². The first-order valence-electron chi connectivity index (χ1n) is 8.94. The maximum atomic E-state index is 13.3. The molecule has 1 nitrogen and oxygen atoms in total. The summed E-state index contributed by atoms with van der Waals surface area (Å²) in [6, 6.07) is 27.0. The number of carbonyl (C=O) groups is 1. The van der Waals surface area contributed by atoms with Crippen LogP contribution in [0.15, 0.2) is 78.9 Å². The van der Waals surface area contributed by atoms with Crippen LogP contribution < -0.4 is 0 Å². The number of hydrogen-bond donors (Lipinski definition) is 0. The molecule has 0 N–H and O–H groups in total. The van der Waals surface area contributed by atoms with Crippen molar-refractivity contribution < 1.29 is 4.79 Å². The summed E-state index contributed by atoms with van der Waals surface area (Å²) >= 11 is 0. The number of carbonyl (C=O) groups excluding carboxylic acids is 1. The first kappa shape index (κ1) is 15.8. The van der Waals surface area contributed by atoms with Crippen LogP contribution in [0.25, 0.3) is 0 Å². The van der Waals surface area contributed by atoms with Gasteiger partial charge in [-0.25, -0.2) is 0 Å². The lowest BCUT2D eigenvalue weighted by Gasteiger charge is -2.21. The van der Waals surface area contributed by atoms with E-state index in [1.54, 1.807) is 0 Å². The normalized spacial score (nSPS) is 19.2. The van der Waals surface area contributed by atoms with Crippen molar-refractivity contribution >= 4 is 5.78 Å². The summed E-state index contributed by atoms with van der Waals surface area (Å²) in [6.07, 6.45) is 0. The van der Waals surface area contributed by atoms with Gasteiger partial charge in [0.05, 0.1) is 5.92 Å². The topological polar surface area (TPSA) is 17.1 Å². The molecule has 3 aromatic rings. The molecule has 4 rings (SSSR count). The van der Waals surface area contributed by atoms with Gasteiger partial charge in [0.25, 0.3) is 0 Å². The van der Waals surface area contributed by atoms with Gasteiger partial charge in [0.2, 0.25) is 0 Å². The highest BCUT2D eigenvalue weighted by Gasteiger charge is 2.41. The van der Waals surface area contributed by atoms with E-state index in [1.165, 1.54) is 16.7 Å². The molecule has 2 unspecified atom stereocenters. The third-order valence-corrected chi connectivity index (χ3v) is 5.28. The Morgan fingerprint density at radius 3 is 1.84 bits per heavy atom. The molecule has 124 valence electrons. The van der Waals surface area contributed by atoms with E-state index in [0.29, 0.717) is 5.92 Å². The molecule has 0 amide bonds. The molecule has 1 aliphatic carbocycles. The van der Waals surface area contributed by atoms with E-state index in [1.807, 2.05) is 30.3 Å². The lowest BCUT2D eigenvalue weighted by Crippen LogP contribution is -2.12. The van der Waals surface area contributed by atoms with Gasteiger partial charge >= 0.3 is 0 Å². The highest BCUT2D eigenvalue weighted by Crippen LogP contribution is 2.48. The van der Waals surface area contributed by atoms with Crippen LogP contribution in [0, 0.1) is 0 Å². The molecule has 0 spiro atoms. The number of benzene rings is 3. The minimum Gasteiger partial charge on any atom is -0.293 e. The maximum Gasteiger partial charge on any atom is 0.171 e. The Morgan fingerprint density at radius 1 is 0.720 bits per heavy atom. The molecule has 0 radical (unpaired) electrons. The van der Waals surface area contributed by atoms with Crippen molar-refractivity contribution in [3.05, 3.63) is 107 Å². The number of Topliss-reactive ketones (excluding diaryl/α,β-unsaturated/α-hetero) is 1. The Bertz CT molecular complexity index is 894. The van der Waals surface area contributed by atoms with E-state index >= 15 is 0 Å². The summed E-state index contributed by atoms with van der Waals surface area (Å²) in [7, 11) is 0. The third kappa shape index (κ3) is 2.70. The van der Waals surface area contributed by atoms with Crippen LogP contribution in [0.3, 0.4) is 0 Å². The third-order valence-electron chi connectivity index (χ3n) is 5.28. The lowest BCUT2D eigenvalue weighted by molar-refractivity contribution is 0.0968. The summed E-state index contributed by atoms with van der Waals surface area (Å²) < 4.78 is 0. The SMILES string of the molecule is CC(C)c1ccc2c(c1)C(c1ccccc1)C(c1ccccc1)C2=O. The minimum atomic E-state index is -0.138. The molecule has 0 bridgehead atoms. The molecule has 3 aromatic carbocycles. The van der Waals surface area contributed by atoms with Gasteiger partial charge in [-0.3, -0.25) is 4.79 Å². The predicted molar refractivity (Wildman–Crippen MR) is 102 cm³/mol. The van der Waals surface area contributed by atoms with Gasteiger partial charge in [0.15, 0.2) is 5.78 Å². The van der Waals surface area contributed by atoms with Crippen LogP contribution in [-0.4, -0.2) is 5.78 Å². The van der Waals surface area contributed by atoms with Gasteiger partial charge in [-0.1, -0.05) is 92.7 Å². The van der Waals surface area contributed by atoms with Gasteiger partial charge < -0.3 is 0 Å². The number of ketones is 1. The average molecular weight is 326 g/mol. The van der Waals surface area contributed by atoms with E-state index < -0.39 is 0 Å². The molecule has 0 saturated heterocycles. The summed E-state index contributed by atoms with van der Waals surface area (Å²) in [5, 5.41) is 0. The zero-order chi connectivity index (χ0) is 17.4. The molecule has 1 aliphatic rings. The fraction of sp³-hybridized carbons (Fsp3) is 0.208. The molecule has 0 fully saturated rings.